The third-order valence-corrected chi connectivity index (χ3v) is 2.90. The molecule has 0 spiro atoms. The highest BCUT2D eigenvalue weighted by Crippen LogP contribution is 2.34. The SMILES string of the molecule is C=Cc1cc(I)c(OC(C)OC)c(OC)c1. The van der Waals surface area contributed by atoms with Crippen LogP contribution in [0.1, 0.15) is 12.5 Å². The van der Waals surface area contributed by atoms with Gasteiger partial charge >= 0.3 is 0 Å². The van der Waals surface area contributed by atoms with Crippen molar-refractivity contribution in [3.8, 4) is 11.5 Å². The first-order valence-electron chi connectivity index (χ1n) is 4.81. The number of rotatable bonds is 5. The molecule has 0 bridgehead atoms. The monoisotopic (exact) mass is 334 g/mol. The standard InChI is InChI=1S/C12H15IO3/c1-5-9-6-10(13)12(11(7-9)15-4)16-8(2)14-3/h5-8H,1H2,2-4H3. The van der Waals surface area contributed by atoms with Crippen molar-refractivity contribution >= 4 is 28.7 Å². The molecular weight excluding hydrogens is 319 g/mol. The highest BCUT2D eigenvalue weighted by molar-refractivity contribution is 14.1. The number of halogens is 1. The van der Waals surface area contributed by atoms with Crippen LogP contribution in [0, 0.1) is 3.57 Å². The van der Waals surface area contributed by atoms with Crippen LogP contribution in [-0.4, -0.2) is 20.5 Å². The van der Waals surface area contributed by atoms with E-state index in [4.69, 9.17) is 14.2 Å². The molecule has 0 saturated carbocycles. The number of benzene rings is 1. The van der Waals surface area contributed by atoms with Gasteiger partial charge in [0.05, 0.1) is 10.7 Å². The Morgan fingerprint density at radius 1 is 1.38 bits per heavy atom. The minimum absolute atomic E-state index is 0.308. The molecule has 0 aromatic heterocycles. The van der Waals surface area contributed by atoms with Gasteiger partial charge in [0.25, 0.3) is 0 Å². The van der Waals surface area contributed by atoms with Gasteiger partial charge in [0.2, 0.25) is 0 Å². The van der Waals surface area contributed by atoms with E-state index < -0.39 is 0 Å². The van der Waals surface area contributed by atoms with E-state index in [1.165, 1.54) is 0 Å². The summed E-state index contributed by atoms with van der Waals surface area (Å²) >= 11 is 2.20. The minimum atomic E-state index is -0.308. The van der Waals surface area contributed by atoms with Crippen molar-refractivity contribution in [2.45, 2.75) is 13.2 Å². The Morgan fingerprint density at radius 2 is 2.06 bits per heavy atom. The van der Waals surface area contributed by atoms with Gasteiger partial charge in [0, 0.05) is 7.11 Å². The summed E-state index contributed by atoms with van der Waals surface area (Å²) in [6, 6.07) is 3.86. The number of ether oxygens (including phenoxy) is 3. The van der Waals surface area contributed by atoms with E-state index >= 15 is 0 Å². The molecule has 16 heavy (non-hydrogen) atoms. The molecule has 88 valence electrons. The number of hydrogen-bond donors (Lipinski definition) is 0. The van der Waals surface area contributed by atoms with Crippen LogP contribution >= 0.6 is 22.6 Å². The summed E-state index contributed by atoms with van der Waals surface area (Å²) in [6.07, 6.45) is 1.46. The normalized spacial score (nSPS) is 12.0. The second-order valence-electron chi connectivity index (χ2n) is 3.16. The fraction of sp³-hybridized carbons (Fsp3) is 0.333. The number of hydrogen-bond acceptors (Lipinski definition) is 3. The maximum absolute atomic E-state index is 5.63. The zero-order valence-electron chi connectivity index (χ0n) is 9.62. The molecule has 1 rings (SSSR count). The Labute approximate surface area is 110 Å². The van der Waals surface area contributed by atoms with E-state index in [1.54, 1.807) is 20.3 Å². The van der Waals surface area contributed by atoms with E-state index in [-0.39, 0.29) is 6.29 Å². The predicted molar refractivity (Wildman–Crippen MR) is 72.9 cm³/mol. The average molecular weight is 334 g/mol. The molecule has 1 atom stereocenters. The van der Waals surface area contributed by atoms with Crippen LogP contribution < -0.4 is 9.47 Å². The highest BCUT2D eigenvalue weighted by Gasteiger charge is 2.13. The minimum Gasteiger partial charge on any atom is -0.493 e. The first kappa shape index (κ1) is 13.3. The lowest BCUT2D eigenvalue weighted by Gasteiger charge is -2.17. The lowest BCUT2D eigenvalue weighted by Crippen LogP contribution is -2.15. The first-order valence-corrected chi connectivity index (χ1v) is 5.89. The van der Waals surface area contributed by atoms with Crippen molar-refractivity contribution in [2.75, 3.05) is 14.2 Å². The zero-order valence-corrected chi connectivity index (χ0v) is 11.8. The molecule has 0 aliphatic rings. The topological polar surface area (TPSA) is 27.7 Å². The van der Waals surface area contributed by atoms with Gasteiger partial charge in [-0.1, -0.05) is 12.7 Å². The summed E-state index contributed by atoms with van der Waals surface area (Å²) in [4.78, 5) is 0. The molecule has 3 nitrogen and oxygen atoms in total. The second-order valence-corrected chi connectivity index (χ2v) is 4.32. The van der Waals surface area contributed by atoms with Crippen LogP contribution in [0.15, 0.2) is 18.7 Å². The molecule has 0 aliphatic heterocycles. The molecule has 1 aromatic carbocycles. The molecule has 0 aliphatic carbocycles. The third kappa shape index (κ3) is 3.12. The van der Waals surface area contributed by atoms with E-state index in [0.717, 1.165) is 9.13 Å². The van der Waals surface area contributed by atoms with Crippen LogP contribution in [0.2, 0.25) is 0 Å². The summed E-state index contributed by atoms with van der Waals surface area (Å²) in [6.45, 7) is 5.56. The molecule has 1 unspecified atom stereocenters. The van der Waals surface area contributed by atoms with Gasteiger partial charge in [-0.2, -0.15) is 0 Å². The molecular formula is C12H15IO3. The fourth-order valence-electron chi connectivity index (χ4n) is 1.19. The summed E-state index contributed by atoms with van der Waals surface area (Å²) in [5.74, 6) is 1.38. The van der Waals surface area contributed by atoms with E-state index in [1.807, 2.05) is 19.1 Å². The van der Waals surface area contributed by atoms with Crippen LogP contribution in [0.5, 0.6) is 11.5 Å². The molecule has 1 aromatic rings. The molecule has 0 saturated heterocycles. The Morgan fingerprint density at radius 3 is 2.56 bits per heavy atom. The molecule has 0 N–H and O–H groups in total. The van der Waals surface area contributed by atoms with E-state index in [9.17, 15) is 0 Å². The summed E-state index contributed by atoms with van der Waals surface area (Å²) < 4.78 is 16.9. The summed E-state index contributed by atoms with van der Waals surface area (Å²) in [5.41, 5.74) is 0.999. The fourth-order valence-corrected chi connectivity index (χ4v) is 1.94. The lowest BCUT2D eigenvalue weighted by molar-refractivity contribution is -0.0400. The maximum Gasteiger partial charge on any atom is 0.196 e. The molecule has 0 amide bonds. The van der Waals surface area contributed by atoms with Gasteiger partial charge in [-0.25, -0.2) is 0 Å². The quantitative estimate of drug-likeness (QED) is 0.611. The second kappa shape index (κ2) is 6.10. The predicted octanol–water partition coefficient (Wildman–Crippen LogP) is 3.31. The van der Waals surface area contributed by atoms with Crippen molar-refractivity contribution in [2.24, 2.45) is 0 Å². The molecule has 0 fully saturated rings. The van der Waals surface area contributed by atoms with Gasteiger partial charge in [-0.15, -0.1) is 0 Å². The van der Waals surface area contributed by atoms with Crippen molar-refractivity contribution in [3.63, 3.8) is 0 Å². The van der Waals surface area contributed by atoms with Crippen LogP contribution in [-0.2, 0) is 4.74 Å². The van der Waals surface area contributed by atoms with Crippen LogP contribution in [0.25, 0.3) is 6.08 Å². The summed E-state index contributed by atoms with van der Waals surface area (Å²) in [7, 11) is 3.21. The summed E-state index contributed by atoms with van der Waals surface area (Å²) in [5, 5.41) is 0. The van der Waals surface area contributed by atoms with Crippen molar-refractivity contribution < 1.29 is 14.2 Å². The largest absolute Gasteiger partial charge is 0.493 e. The average Bonchev–Trinajstić information content (AvgIpc) is 2.30. The van der Waals surface area contributed by atoms with Crippen molar-refractivity contribution in [3.05, 3.63) is 27.8 Å². The Balaban J connectivity index is 3.11. The highest BCUT2D eigenvalue weighted by atomic mass is 127. The van der Waals surface area contributed by atoms with Crippen LogP contribution in [0.3, 0.4) is 0 Å². The van der Waals surface area contributed by atoms with Gasteiger partial charge in [-0.3, -0.25) is 0 Å². The van der Waals surface area contributed by atoms with E-state index in [2.05, 4.69) is 29.2 Å². The van der Waals surface area contributed by atoms with Crippen LogP contribution in [0.4, 0.5) is 0 Å². The third-order valence-electron chi connectivity index (χ3n) is 2.10. The van der Waals surface area contributed by atoms with E-state index in [0.29, 0.717) is 11.5 Å². The van der Waals surface area contributed by atoms with Gasteiger partial charge in [-0.05, 0) is 47.2 Å². The Bertz CT molecular complexity index is 377. The molecule has 4 heteroatoms. The maximum atomic E-state index is 5.63. The smallest absolute Gasteiger partial charge is 0.196 e. The van der Waals surface area contributed by atoms with Gasteiger partial charge in [0.1, 0.15) is 0 Å². The molecule has 0 radical (unpaired) electrons. The number of methoxy groups -OCH3 is 2. The Hall–Kier alpha value is -0.750. The van der Waals surface area contributed by atoms with Gasteiger partial charge < -0.3 is 14.2 Å². The first-order chi connectivity index (χ1) is 7.62. The van der Waals surface area contributed by atoms with Crippen molar-refractivity contribution in [1.82, 2.24) is 0 Å². The Kier molecular flexibility index (Phi) is 5.08. The van der Waals surface area contributed by atoms with Gasteiger partial charge in [0.15, 0.2) is 17.8 Å². The zero-order chi connectivity index (χ0) is 12.1. The molecule has 0 heterocycles. The lowest BCUT2D eigenvalue weighted by atomic mass is 10.2. The van der Waals surface area contributed by atoms with Crippen molar-refractivity contribution in [1.29, 1.82) is 0 Å².